The summed E-state index contributed by atoms with van der Waals surface area (Å²) in [6.45, 7) is 0. The Morgan fingerprint density at radius 2 is 2.00 bits per heavy atom. The smallest absolute Gasteiger partial charge is 0.124 e. The predicted octanol–water partition coefficient (Wildman–Crippen LogP) is 4.48. The van der Waals surface area contributed by atoms with Crippen molar-refractivity contribution in [2.75, 3.05) is 0 Å². The first-order chi connectivity index (χ1) is 8.54. The summed E-state index contributed by atoms with van der Waals surface area (Å²) in [6, 6.07) is 12.0. The fraction of sp³-hybridized carbons (Fsp3) is 0.143. The van der Waals surface area contributed by atoms with Crippen molar-refractivity contribution in [3.63, 3.8) is 0 Å². The van der Waals surface area contributed by atoms with E-state index in [-0.39, 0.29) is 11.9 Å². The van der Waals surface area contributed by atoms with Gasteiger partial charge < -0.3 is 5.73 Å². The van der Waals surface area contributed by atoms with Gasteiger partial charge in [-0.2, -0.15) is 0 Å². The van der Waals surface area contributed by atoms with Crippen molar-refractivity contribution in [3.05, 3.63) is 68.9 Å². The highest BCUT2D eigenvalue weighted by Gasteiger charge is 2.09. The van der Waals surface area contributed by atoms with Gasteiger partial charge in [-0.15, -0.1) is 0 Å². The lowest BCUT2D eigenvalue weighted by molar-refractivity contribution is 0.621. The number of hydrogen-bond donors (Lipinski definition) is 1. The van der Waals surface area contributed by atoms with Crippen molar-refractivity contribution in [2.24, 2.45) is 5.73 Å². The molecule has 2 N–H and O–H groups in total. The van der Waals surface area contributed by atoms with Gasteiger partial charge in [0.05, 0.1) is 0 Å². The van der Waals surface area contributed by atoms with Crippen molar-refractivity contribution in [1.29, 1.82) is 0 Å². The van der Waals surface area contributed by atoms with Crippen molar-refractivity contribution in [3.8, 4) is 0 Å². The molecule has 0 saturated heterocycles. The van der Waals surface area contributed by atoms with Crippen molar-refractivity contribution >= 4 is 27.5 Å². The number of hydrogen-bond acceptors (Lipinski definition) is 1. The number of rotatable bonds is 3. The maximum absolute atomic E-state index is 13.3. The first-order valence-electron chi connectivity index (χ1n) is 5.50. The van der Waals surface area contributed by atoms with Crippen LogP contribution in [-0.4, -0.2) is 0 Å². The van der Waals surface area contributed by atoms with Gasteiger partial charge in [-0.05, 0) is 47.9 Å². The lowest BCUT2D eigenvalue weighted by atomic mass is 10.00. The Balaban J connectivity index is 2.18. The lowest BCUT2D eigenvalue weighted by Gasteiger charge is -2.13. The van der Waals surface area contributed by atoms with E-state index in [4.69, 9.17) is 17.3 Å². The molecule has 0 aromatic heterocycles. The van der Waals surface area contributed by atoms with Gasteiger partial charge >= 0.3 is 0 Å². The van der Waals surface area contributed by atoms with E-state index in [1.165, 1.54) is 12.1 Å². The zero-order valence-electron chi connectivity index (χ0n) is 9.54. The minimum absolute atomic E-state index is 0.197. The van der Waals surface area contributed by atoms with E-state index >= 15 is 0 Å². The van der Waals surface area contributed by atoms with Gasteiger partial charge in [0.1, 0.15) is 5.82 Å². The van der Waals surface area contributed by atoms with Gasteiger partial charge in [-0.3, -0.25) is 0 Å². The molecule has 0 spiro atoms. The Kier molecular flexibility index (Phi) is 4.38. The summed E-state index contributed by atoms with van der Waals surface area (Å²) >= 11 is 9.19. The second-order valence-corrected chi connectivity index (χ2v) is 5.50. The third kappa shape index (κ3) is 3.55. The molecule has 0 amide bonds. The summed E-state index contributed by atoms with van der Waals surface area (Å²) in [5, 5.41) is 0.656. The van der Waals surface area contributed by atoms with Crippen molar-refractivity contribution < 1.29 is 4.39 Å². The van der Waals surface area contributed by atoms with E-state index in [1.54, 1.807) is 6.07 Å². The molecule has 2 rings (SSSR count). The van der Waals surface area contributed by atoms with Gasteiger partial charge in [0, 0.05) is 15.5 Å². The van der Waals surface area contributed by atoms with Gasteiger partial charge in [0.2, 0.25) is 0 Å². The van der Waals surface area contributed by atoms with Crippen LogP contribution in [0.2, 0.25) is 5.02 Å². The molecule has 0 radical (unpaired) electrons. The van der Waals surface area contributed by atoms with Crippen LogP contribution in [0.25, 0.3) is 0 Å². The maximum atomic E-state index is 13.3. The van der Waals surface area contributed by atoms with E-state index < -0.39 is 0 Å². The summed E-state index contributed by atoms with van der Waals surface area (Å²) in [4.78, 5) is 0. The highest BCUT2D eigenvalue weighted by atomic mass is 79.9. The maximum Gasteiger partial charge on any atom is 0.124 e. The van der Waals surface area contributed by atoms with E-state index in [2.05, 4.69) is 15.9 Å². The minimum Gasteiger partial charge on any atom is -0.324 e. The Hall–Kier alpha value is -0.900. The fourth-order valence-corrected chi connectivity index (χ4v) is 2.55. The van der Waals surface area contributed by atoms with Gasteiger partial charge in [-0.1, -0.05) is 39.7 Å². The molecule has 4 heteroatoms. The molecule has 1 atom stereocenters. The number of benzene rings is 2. The van der Waals surface area contributed by atoms with E-state index in [9.17, 15) is 4.39 Å². The summed E-state index contributed by atoms with van der Waals surface area (Å²) in [7, 11) is 0. The monoisotopic (exact) mass is 327 g/mol. The van der Waals surface area contributed by atoms with Crippen LogP contribution < -0.4 is 5.73 Å². The average Bonchev–Trinajstić information content (AvgIpc) is 2.27. The highest BCUT2D eigenvalue weighted by Crippen LogP contribution is 2.22. The molecule has 2 aromatic carbocycles. The fourth-order valence-electron chi connectivity index (χ4n) is 1.84. The molecule has 94 valence electrons. The van der Waals surface area contributed by atoms with Crippen molar-refractivity contribution in [1.82, 2.24) is 0 Å². The third-order valence-corrected chi connectivity index (χ3v) is 3.35. The van der Waals surface area contributed by atoms with E-state index in [0.717, 1.165) is 15.6 Å². The third-order valence-electron chi connectivity index (χ3n) is 2.65. The van der Waals surface area contributed by atoms with Gasteiger partial charge in [0.15, 0.2) is 0 Å². The molecule has 0 aliphatic heterocycles. The molecule has 1 unspecified atom stereocenters. The van der Waals surface area contributed by atoms with E-state index in [1.807, 2.05) is 24.3 Å². The zero-order valence-corrected chi connectivity index (χ0v) is 11.9. The van der Waals surface area contributed by atoms with Crippen LogP contribution in [0.4, 0.5) is 4.39 Å². The molecule has 1 nitrogen and oxygen atoms in total. The Morgan fingerprint density at radius 1 is 1.22 bits per heavy atom. The second kappa shape index (κ2) is 5.83. The van der Waals surface area contributed by atoms with E-state index in [0.29, 0.717) is 11.4 Å². The van der Waals surface area contributed by atoms with Crippen molar-refractivity contribution in [2.45, 2.75) is 12.5 Å². The lowest BCUT2D eigenvalue weighted by Crippen LogP contribution is -2.13. The molecular weight excluding hydrogens is 317 g/mol. The van der Waals surface area contributed by atoms with Crippen LogP contribution in [0.1, 0.15) is 17.2 Å². The zero-order chi connectivity index (χ0) is 13.1. The molecule has 18 heavy (non-hydrogen) atoms. The van der Waals surface area contributed by atoms with Crippen LogP contribution in [-0.2, 0) is 6.42 Å². The summed E-state index contributed by atoms with van der Waals surface area (Å²) in [5.74, 6) is -0.266. The number of nitrogens with two attached hydrogens (primary N) is 1. The molecular formula is C14H12BrClFN. The molecule has 0 aliphatic rings. The molecule has 0 bridgehead atoms. The Labute approximate surface area is 119 Å². The Morgan fingerprint density at radius 3 is 2.67 bits per heavy atom. The van der Waals surface area contributed by atoms with Crippen LogP contribution in [0.5, 0.6) is 0 Å². The van der Waals surface area contributed by atoms with Crippen LogP contribution >= 0.6 is 27.5 Å². The van der Waals surface area contributed by atoms with Gasteiger partial charge in [-0.25, -0.2) is 4.39 Å². The van der Waals surface area contributed by atoms with Crippen LogP contribution in [0, 0.1) is 5.82 Å². The second-order valence-electron chi connectivity index (χ2n) is 4.14. The standard InChI is InChI=1S/C14H12BrClFN/c15-11-4-9(5-13(17)8-11)6-14(18)10-2-1-3-12(16)7-10/h1-5,7-8,14H,6,18H2. The first kappa shape index (κ1) is 13.5. The average molecular weight is 329 g/mol. The molecule has 0 heterocycles. The predicted molar refractivity (Wildman–Crippen MR) is 76.2 cm³/mol. The molecule has 0 saturated carbocycles. The largest absolute Gasteiger partial charge is 0.324 e. The summed E-state index contributed by atoms with van der Waals surface area (Å²) < 4.78 is 14.0. The molecule has 0 aliphatic carbocycles. The van der Waals surface area contributed by atoms with Crippen LogP contribution in [0.3, 0.4) is 0 Å². The van der Waals surface area contributed by atoms with Gasteiger partial charge in [0.25, 0.3) is 0 Å². The first-order valence-corrected chi connectivity index (χ1v) is 6.68. The quantitative estimate of drug-likeness (QED) is 0.883. The topological polar surface area (TPSA) is 26.0 Å². The SMILES string of the molecule is NC(Cc1cc(F)cc(Br)c1)c1cccc(Cl)c1. The van der Waals surface area contributed by atoms with Crippen LogP contribution in [0.15, 0.2) is 46.9 Å². The Bertz CT molecular complexity index is 539. The minimum atomic E-state index is -0.266. The highest BCUT2D eigenvalue weighted by molar-refractivity contribution is 9.10. The summed E-state index contributed by atoms with van der Waals surface area (Å²) in [5.41, 5.74) is 7.90. The molecule has 2 aromatic rings. The molecule has 0 fully saturated rings. The number of halogens is 3. The normalized spacial score (nSPS) is 12.4. The summed E-state index contributed by atoms with van der Waals surface area (Å²) in [6.07, 6.45) is 0.566.